The van der Waals surface area contributed by atoms with E-state index in [1.165, 1.54) is 12.1 Å². The first-order valence-electron chi connectivity index (χ1n) is 5.85. The van der Waals surface area contributed by atoms with Crippen LogP contribution in [0.1, 0.15) is 24.9 Å². The normalized spacial score (nSPS) is 14.0. The smallest absolute Gasteiger partial charge is 0.237 e. The molecule has 2 atom stereocenters. The zero-order valence-electron chi connectivity index (χ0n) is 10.7. The Hall–Kier alpha value is -1.07. The minimum absolute atomic E-state index is 0.166. The molecular formula is C13H19FN2OS. The van der Waals surface area contributed by atoms with Crippen molar-refractivity contribution < 1.29 is 9.18 Å². The van der Waals surface area contributed by atoms with E-state index in [2.05, 4.69) is 5.32 Å². The van der Waals surface area contributed by atoms with Crippen molar-refractivity contribution in [2.75, 3.05) is 12.0 Å². The van der Waals surface area contributed by atoms with Gasteiger partial charge in [0.15, 0.2) is 0 Å². The van der Waals surface area contributed by atoms with E-state index in [4.69, 9.17) is 5.73 Å². The van der Waals surface area contributed by atoms with E-state index >= 15 is 0 Å². The molecule has 1 rings (SSSR count). The van der Waals surface area contributed by atoms with Crippen LogP contribution in [-0.2, 0) is 4.79 Å². The minimum atomic E-state index is -0.486. The molecule has 0 spiro atoms. The highest BCUT2D eigenvalue weighted by molar-refractivity contribution is 7.98. The fourth-order valence-corrected chi connectivity index (χ4v) is 2.02. The Morgan fingerprint density at radius 1 is 1.44 bits per heavy atom. The maximum Gasteiger partial charge on any atom is 0.237 e. The molecule has 0 aliphatic carbocycles. The number of carbonyl (C=O) groups excluding carboxylic acids is 1. The maximum absolute atomic E-state index is 12.8. The Kier molecular flexibility index (Phi) is 6.15. The number of amides is 1. The summed E-state index contributed by atoms with van der Waals surface area (Å²) in [6.45, 7) is 1.85. The number of nitrogens with one attached hydrogen (secondary N) is 1. The lowest BCUT2D eigenvalue weighted by atomic mass is 10.1. The molecule has 18 heavy (non-hydrogen) atoms. The largest absolute Gasteiger partial charge is 0.348 e. The van der Waals surface area contributed by atoms with E-state index in [9.17, 15) is 9.18 Å². The number of benzene rings is 1. The lowest BCUT2D eigenvalue weighted by Crippen LogP contribution is -2.41. The quantitative estimate of drug-likeness (QED) is 0.832. The van der Waals surface area contributed by atoms with Crippen LogP contribution < -0.4 is 11.1 Å². The number of nitrogens with two attached hydrogens (primary N) is 1. The zero-order valence-corrected chi connectivity index (χ0v) is 11.5. The van der Waals surface area contributed by atoms with Gasteiger partial charge in [-0.25, -0.2) is 4.39 Å². The lowest BCUT2D eigenvalue weighted by Gasteiger charge is -2.17. The van der Waals surface area contributed by atoms with Gasteiger partial charge in [0.25, 0.3) is 0 Å². The standard InChI is InChI=1S/C13H19FN2OS/c1-9(10-3-5-11(14)6-4-10)16-13(17)12(15)7-8-18-2/h3-6,9,12H,7-8,15H2,1-2H3,(H,16,17)/t9?,12-/m1/s1. The first-order valence-corrected chi connectivity index (χ1v) is 7.24. The van der Waals surface area contributed by atoms with Gasteiger partial charge in [-0.3, -0.25) is 4.79 Å². The second-order valence-electron chi connectivity index (χ2n) is 4.17. The Morgan fingerprint density at radius 2 is 2.06 bits per heavy atom. The first-order chi connectivity index (χ1) is 8.54. The molecule has 1 amide bonds. The SMILES string of the molecule is CSCC[C@@H](N)C(=O)NC(C)c1ccc(F)cc1. The average molecular weight is 270 g/mol. The van der Waals surface area contributed by atoms with Crippen molar-refractivity contribution in [2.24, 2.45) is 5.73 Å². The molecule has 0 saturated heterocycles. The van der Waals surface area contributed by atoms with Gasteiger partial charge in [-0.1, -0.05) is 12.1 Å². The molecule has 5 heteroatoms. The monoisotopic (exact) mass is 270 g/mol. The van der Waals surface area contributed by atoms with Crippen molar-refractivity contribution in [1.82, 2.24) is 5.32 Å². The van der Waals surface area contributed by atoms with Gasteiger partial charge in [-0.05, 0) is 43.0 Å². The third-order valence-corrected chi connectivity index (χ3v) is 3.34. The summed E-state index contributed by atoms with van der Waals surface area (Å²) in [5, 5.41) is 2.83. The summed E-state index contributed by atoms with van der Waals surface area (Å²) in [7, 11) is 0. The van der Waals surface area contributed by atoms with Gasteiger partial charge in [0.1, 0.15) is 5.82 Å². The van der Waals surface area contributed by atoms with Gasteiger partial charge in [-0.2, -0.15) is 11.8 Å². The van der Waals surface area contributed by atoms with Gasteiger partial charge in [0.2, 0.25) is 5.91 Å². The van der Waals surface area contributed by atoms with Crippen molar-refractivity contribution in [2.45, 2.75) is 25.4 Å². The van der Waals surface area contributed by atoms with Crippen LogP contribution in [0.15, 0.2) is 24.3 Å². The van der Waals surface area contributed by atoms with Gasteiger partial charge in [-0.15, -0.1) is 0 Å². The molecule has 0 heterocycles. The van der Waals surface area contributed by atoms with Crippen LogP contribution in [0.25, 0.3) is 0 Å². The van der Waals surface area contributed by atoms with Crippen LogP contribution in [-0.4, -0.2) is 24.0 Å². The van der Waals surface area contributed by atoms with Gasteiger partial charge < -0.3 is 11.1 Å². The third-order valence-electron chi connectivity index (χ3n) is 2.70. The number of carbonyl (C=O) groups is 1. The number of hydrogen-bond donors (Lipinski definition) is 2. The summed E-state index contributed by atoms with van der Waals surface area (Å²) < 4.78 is 12.8. The molecule has 0 bridgehead atoms. The molecule has 100 valence electrons. The zero-order chi connectivity index (χ0) is 13.5. The summed E-state index contributed by atoms with van der Waals surface area (Å²) in [6.07, 6.45) is 2.63. The first kappa shape index (κ1) is 15.0. The second kappa shape index (κ2) is 7.38. The molecule has 3 N–H and O–H groups in total. The summed E-state index contributed by atoms with van der Waals surface area (Å²) >= 11 is 1.66. The molecule has 0 saturated carbocycles. The van der Waals surface area contributed by atoms with Crippen LogP contribution in [0.4, 0.5) is 4.39 Å². The van der Waals surface area contributed by atoms with Gasteiger partial charge >= 0.3 is 0 Å². The molecule has 1 aromatic carbocycles. The van der Waals surface area contributed by atoms with E-state index in [0.717, 1.165) is 11.3 Å². The summed E-state index contributed by atoms with van der Waals surface area (Å²) in [6, 6.07) is 5.43. The van der Waals surface area contributed by atoms with Crippen LogP contribution in [0.2, 0.25) is 0 Å². The van der Waals surface area contributed by atoms with Gasteiger partial charge in [0.05, 0.1) is 12.1 Å². The van der Waals surface area contributed by atoms with E-state index in [0.29, 0.717) is 6.42 Å². The molecule has 0 aromatic heterocycles. The summed E-state index contributed by atoms with van der Waals surface area (Å²) in [5.41, 5.74) is 6.63. The van der Waals surface area contributed by atoms with Crippen molar-refractivity contribution in [3.8, 4) is 0 Å². The maximum atomic E-state index is 12.8. The highest BCUT2D eigenvalue weighted by Crippen LogP contribution is 2.13. The Morgan fingerprint density at radius 3 is 2.61 bits per heavy atom. The molecule has 1 aromatic rings. The van der Waals surface area contributed by atoms with Crippen molar-refractivity contribution >= 4 is 17.7 Å². The average Bonchev–Trinajstić information content (AvgIpc) is 2.36. The highest BCUT2D eigenvalue weighted by Gasteiger charge is 2.16. The molecule has 0 fully saturated rings. The number of hydrogen-bond acceptors (Lipinski definition) is 3. The van der Waals surface area contributed by atoms with E-state index in [1.54, 1.807) is 23.9 Å². The predicted octanol–water partition coefficient (Wildman–Crippen LogP) is 2.08. The summed E-state index contributed by atoms with van der Waals surface area (Å²) in [5.74, 6) is 0.411. The molecule has 3 nitrogen and oxygen atoms in total. The van der Waals surface area contributed by atoms with E-state index in [1.807, 2.05) is 13.2 Å². The molecular weight excluding hydrogens is 251 g/mol. The second-order valence-corrected chi connectivity index (χ2v) is 5.16. The fraction of sp³-hybridized carbons (Fsp3) is 0.462. The Bertz CT molecular complexity index is 383. The third kappa shape index (κ3) is 4.66. The number of halogens is 1. The molecule has 0 aliphatic heterocycles. The van der Waals surface area contributed by atoms with E-state index < -0.39 is 6.04 Å². The van der Waals surface area contributed by atoms with Crippen LogP contribution in [0, 0.1) is 5.82 Å². The molecule has 0 aliphatic rings. The van der Waals surface area contributed by atoms with E-state index in [-0.39, 0.29) is 17.8 Å². The van der Waals surface area contributed by atoms with Crippen molar-refractivity contribution in [3.63, 3.8) is 0 Å². The summed E-state index contributed by atoms with van der Waals surface area (Å²) in [4.78, 5) is 11.8. The fourth-order valence-electron chi connectivity index (χ4n) is 1.53. The molecule has 0 radical (unpaired) electrons. The van der Waals surface area contributed by atoms with Gasteiger partial charge in [0, 0.05) is 0 Å². The number of rotatable bonds is 6. The Labute approximate surface area is 111 Å². The van der Waals surface area contributed by atoms with Crippen LogP contribution in [0.5, 0.6) is 0 Å². The minimum Gasteiger partial charge on any atom is -0.348 e. The predicted molar refractivity (Wildman–Crippen MR) is 73.9 cm³/mol. The Balaban J connectivity index is 2.51. The topological polar surface area (TPSA) is 55.1 Å². The van der Waals surface area contributed by atoms with Crippen LogP contribution >= 0.6 is 11.8 Å². The van der Waals surface area contributed by atoms with Crippen LogP contribution in [0.3, 0.4) is 0 Å². The van der Waals surface area contributed by atoms with Crippen molar-refractivity contribution in [3.05, 3.63) is 35.6 Å². The van der Waals surface area contributed by atoms with Crippen molar-refractivity contribution in [1.29, 1.82) is 0 Å². The lowest BCUT2D eigenvalue weighted by molar-refractivity contribution is -0.123. The number of thioether (sulfide) groups is 1. The molecule has 1 unspecified atom stereocenters. The highest BCUT2D eigenvalue weighted by atomic mass is 32.2.